The Morgan fingerprint density at radius 3 is 2.49 bits per heavy atom. The van der Waals surface area contributed by atoms with E-state index >= 15 is 0 Å². The summed E-state index contributed by atoms with van der Waals surface area (Å²) in [5.41, 5.74) is 4.41. The van der Waals surface area contributed by atoms with E-state index in [1.54, 1.807) is 0 Å². The maximum Gasteiger partial charge on any atom is 0.433 e. The fourth-order valence-corrected chi connectivity index (χ4v) is 4.10. The van der Waals surface area contributed by atoms with Gasteiger partial charge in [-0.25, -0.2) is 9.97 Å². The number of pyridine rings is 1. The van der Waals surface area contributed by atoms with Gasteiger partial charge < -0.3 is 19.8 Å². The van der Waals surface area contributed by atoms with Crippen LogP contribution in [0.5, 0.6) is 5.75 Å². The highest BCUT2D eigenvalue weighted by Gasteiger charge is 2.48. The average Bonchev–Trinajstić information content (AvgIpc) is 3.44. The zero-order valence-electron chi connectivity index (χ0n) is 18.5. The molecule has 3 aromatic rings. The van der Waals surface area contributed by atoms with Crippen molar-refractivity contribution in [2.24, 2.45) is 5.73 Å². The Morgan fingerprint density at radius 2 is 1.89 bits per heavy atom. The van der Waals surface area contributed by atoms with Gasteiger partial charge in [-0.05, 0) is 44.0 Å². The number of likely N-dealkylation sites (tertiary alicyclic amines) is 1. The van der Waals surface area contributed by atoms with Crippen molar-refractivity contribution < 1.29 is 40.3 Å². The highest BCUT2D eigenvalue weighted by atomic mass is 19.4. The van der Waals surface area contributed by atoms with Crippen molar-refractivity contribution in [3.63, 3.8) is 0 Å². The van der Waals surface area contributed by atoms with Crippen LogP contribution in [0.15, 0.2) is 28.7 Å². The highest BCUT2D eigenvalue weighted by Crippen LogP contribution is 2.39. The molecule has 3 heterocycles. The van der Waals surface area contributed by atoms with E-state index in [0.717, 1.165) is 12.1 Å². The summed E-state index contributed by atoms with van der Waals surface area (Å²) >= 11 is 0. The van der Waals surface area contributed by atoms with E-state index in [1.165, 1.54) is 26.2 Å². The van der Waals surface area contributed by atoms with Crippen molar-refractivity contribution in [1.82, 2.24) is 14.9 Å². The number of alkyl halides is 6. The minimum atomic E-state index is -4.70. The molecule has 0 saturated carbocycles. The summed E-state index contributed by atoms with van der Waals surface area (Å²) in [6.45, 7) is 1.36. The Morgan fingerprint density at radius 1 is 1.17 bits per heavy atom. The van der Waals surface area contributed by atoms with Crippen molar-refractivity contribution in [2.45, 2.75) is 44.2 Å². The summed E-state index contributed by atoms with van der Waals surface area (Å²) in [4.78, 5) is 21.6. The van der Waals surface area contributed by atoms with Crippen molar-refractivity contribution in [3.8, 4) is 17.2 Å². The van der Waals surface area contributed by atoms with E-state index in [9.17, 15) is 31.1 Å². The highest BCUT2D eigenvalue weighted by molar-refractivity contribution is 5.98. The van der Waals surface area contributed by atoms with Gasteiger partial charge in [0.25, 0.3) is 5.91 Å². The van der Waals surface area contributed by atoms with Crippen LogP contribution in [0.2, 0.25) is 0 Å². The minimum absolute atomic E-state index is 0.0511. The first kappa shape index (κ1) is 24.8. The van der Waals surface area contributed by atoms with Gasteiger partial charge in [-0.3, -0.25) is 4.79 Å². The van der Waals surface area contributed by atoms with Crippen molar-refractivity contribution in [2.75, 3.05) is 13.7 Å². The van der Waals surface area contributed by atoms with Gasteiger partial charge in [-0.15, -0.1) is 0 Å². The van der Waals surface area contributed by atoms with Crippen LogP contribution in [0.4, 0.5) is 26.3 Å². The van der Waals surface area contributed by atoms with E-state index in [2.05, 4.69) is 9.97 Å². The number of carbonyl (C=O) groups excluding carboxylic acids is 1. The Labute approximate surface area is 194 Å². The Kier molecular flexibility index (Phi) is 6.16. The third-order valence-electron chi connectivity index (χ3n) is 5.72. The molecule has 4 rings (SSSR count). The number of halogens is 6. The lowest BCUT2D eigenvalue weighted by atomic mass is 10.1. The topological polar surface area (TPSA) is 94.5 Å². The third kappa shape index (κ3) is 4.51. The largest absolute Gasteiger partial charge is 0.494 e. The van der Waals surface area contributed by atoms with Crippen LogP contribution in [-0.4, -0.2) is 46.6 Å². The molecule has 0 bridgehead atoms. The quantitative estimate of drug-likeness (QED) is 0.499. The number of nitrogens with two attached hydrogens (primary N) is 1. The lowest BCUT2D eigenvalue weighted by Gasteiger charge is -2.26. The van der Waals surface area contributed by atoms with Crippen molar-refractivity contribution in [1.29, 1.82) is 0 Å². The molecule has 1 aliphatic rings. The molecule has 0 spiro atoms. The SMILES string of the molecule is COc1ccc(-c2nc(C(=O)N3CCCC3C(F)(F)F)c([C@H](C)N)o2)c2ccc(C(F)(F)F)nc12. The maximum atomic E-state index is 13.4. The summed E-state index contributed by atoms with van der Waals surface area (Å²) in [5.74, 6) is -1.27. The smallest absolute Gasteiger partial charge is 0.433 e. The van der Waals surface area contributed by atoms with Gasteiger partial charge in [0.2, 0.25) is 5.89 Å². The molecule has 188 valence electrons. The van der Waals surface area contributed by atoms with Gasteiger partial charge in [-0.1, -0.05) is 0 Å². The molecule has 1 amide bonds. The van der Waals surface area contributed by atoms with Crippen LogP contribution in [0, 0.1) is 0 Å². The predicted molar refractivity (Wildman–Crippen MR) is 112 cm³/mol. The summed E-state index contributed by atoms with van der Waals surface area (Å²) in [7, 11) is 1.26. The number of ether oxygens (including phenoxy) is 1. The number of nitrogens with zero attached hydrogens (tertiary/aromatic N) is 3. The van der Waals surface area contributed by atoms with Crippen LogP contribution in [-0.2, 0) is 6.18 Å². The molecular weight excluding hydrogens is 482 g/mol. The van der Waals surface area contributed by atoms with E-state index < -0.39 is 36.0 Å². The van der Waals surface area contributed by atoms with Gasteiger partial charge in [0.15, 0.2) is 11.5 Å². The first-order chi connectivity index (χ1) is 16.3. The van der Waals surface area contributed by atoms with E-state index in [4.69, 9.17) is 14.9 Å². The second-order valence-electron chi connectivity index (χ2n) is 8.12. The van der Waals surface area contributed by atoms with Crippen molar-refractivity contribution in [3.05, 3.63) is 41.4 Å². The van der Waals surface area contributed by atoms with Crippen LogP contribution < -0.4 is 10.5 Å². The maximum absolute atomic E-state index is 13.4. The molecule has 1 aliphatic heterocycles. The number of hydrogen-bond donors (Lipinski definition) is 1. The Bertz CT molecular complexity index is 1270. The number of methoxy groups -OCH3 is 1. The number of amides is 1. The summed E-state index contributed by atoms with van der Waals surface area (Å²) < 4.78 is 90.7. The third-order valence-corrected chi connectivity index (χ3v) is 5.72. The monoisotopic (exact) mass is 502 g/mol. The van der Waals surface area contributed by atoms with Gasteiger partial charge in [0.05, 0.1) is 13.2 Å². The molecule has 35 heavy (non-hydrogen) atoms. The Balaban J connectivity index is 1.84. The summed E-state index contributed by atoms with van der Waals surface area (Å²) in [6, 6.07) is 1.85. The second-order valence-corrected chi connectivity index (χ2v) is 8.12. The first-order valence-corrected chi connectivity index (χ1v) is 10.5. The number of hydrogen-bond acceptors (Lipinski definition) is 6. The second kappa shape index (κ2) is 8.70. The number of aromatic nitrogens is 2. The molecule has 0 aliphatic carbocycles. The average molecular weight is 502 g/mol. The Hall–Kier alpha value is -3.35. The molecule has 1 aromatic carbocycles. The molecular formula is C22H20F6N4O3. The van der Waals surface area contributed by atoms with Gasteiger partial charge >= 0.3 is 12.4 Å². The zero-order chi connectivity index (χ0) is 25.7. The number of rotatable bonds is 4. The number of carbonyl (C=O) groups is 1. The van der Waals surface area contributed by atoms with Gasteiger partial charge in [-0.2, -0.15) is 26.3 Å². The lowest BCUT2D eigenvalue weighted by Crippen LogP contribution is -2.45. The fourth-order valence-electron chi connectivity index (χ4n) is 4.10. The van der Waals surface area contributed by atoms with E-state index in [1.807, 2.05) is 0 Å². The molecule has 0 radical (unpaired) electrons. The van der Waals surface area contributed by atoms with Crippen LogP contribution >= 0.6 is 0 Å². The molecule has 1 fully saturated rings. The minimum Gasteiger partial charge on any atom is -0.494 e. The fraction of sp³-hybridized carbons (Fsp3) is 0.409. The molecule has 2 aromatic heterocycles. The van der Waals surface area contributed by atoms with Crippen LogP contribution in [0.25, 0.3) is 22.4 Å². The van der Waals surface area contributed by atoms with Crippen LogP contribution in [0.3, 0.4) is 0 Å². The zero-order valence-corrected chi connectivity index (χ0v) is 18.5. The molecule has 13 heteroatoms. The van der Waals surface area contributed by atoms with Gasteiger partial charge in [0, 0.05) is 17.5 Å². The summed E-state index contributed by atoms with van der Waals surface area (Å²) in [6.07, 6.45) is -9.37. The normalized spacial score (nSPS) is 17.7. The van der Waals surface area contributed by atoms with Crippen LogP contribution in [0.1, 0.15) is 47.7 Å². The molecule has 2 N–H and O–H groups in total. The van der Waals surface area contributed by atoms with E-state index in [0.29, 0.717) is 4.90 Å². The standard InChI is InChI=1S/C22H20F6N4O3/c1-10(29)18-17(20(33)32-9-3-4-15(32)22(26,27)28)31-19(35-18)12-5-7-13(34-2)16-11(12)6-8-14(30-16)21(23,24)25/h5-8,10,15H,3-4,9,29H2,1-2H3/t10-,15?/m0/s1. The number of fused-ring (bicyclic) bond motifs is 1. The van der Waals surface area contributed by atoms with Gasteiger partial charge in [0.1, 0.15) is 23.0 Å². The first-order valence-electron chi connectivity index (χ1n) is 10.5. The molecule has 1 unspecified atom stereocenters. The molecule has 7 nitrogen and oxygen atoms in total. The number of oxazole rings is 1. The lowest BCUT2D eigenvalue weighted by molar-refractivity contribution is -0.169. The van der Waals surface area contributed by atoms with Crippen molar-refractivity contribution >= 4 is 16.8 Å². The summed E-state index contributed by atoms with van der Waals surface area (Å²) in [5, 5.41) is 0.170. The molecule has 2 atom stereocenters. The number of benzene rings is 1. The van der Waals surface area contributed by atoms with E-state index in [-0.39, 0.29) is 58.9 Å². The predicted octanol–water partition coefficient (Wildman–Crippen LogP) is 5.10. The molecule has 1 saturated heterocycles.